The number of hydrogen-bond acceptors (Lipinski definition) is 4. The average Bonchev–Trinajstić information content (AvgIpc) is 2.94. The Hall–Kier alpha value is -1.92. The number of benzene rings is 2. The van der Waals surface area contributed by atoms with Gasteiger partial charge in [0.2, 0.25) is 5.82 Å². The van der Waals surface area contributed by atoms with E-state index < -0.39 is 0 Å². The van der Waals surface area contributed by atoms with E-state index in [-0.39, 0.29) is 17.5 Å². The summed E-state index contributed by atoms with van der Waals surface area (Å²) in [4.78, 5) is 4.25. The molecule has 21 heavy (non-hydrogen) atoms. The lowest BCUT2D eigenvalue weighted by Gasteiger charge is -1.99. The van der Waals surface area contributed by atoms with Crippen LogP contribution >= 0.6 is 27.5 Å². The summed E-state index contributed by atoms with van der Waals surface area (Å²) >= 11 is 9.20. The molecule has 0 spiro atoms. The number of nitrogens with zero attached hydrogens (tertiary/aromatic N) is 2. The molecule has 0 radical (unpaired) electrons. The van der Waals surface area contributed by atoms with Crippen molar-refractivity contribution in [3.05, 3.63) is 51.7 Å². The number of hydrogen-bond donors (Lipinski definition) is 1. The second-order valence-corrected chi connectivity index (χ2v) is 5.55. The molecule has 106 valence electrons. The Balaban J connectivity index is 2.03. The summed E-state index contributed by atoms with van der Waals surface area (Å²) in [6.45, 7) is 0. The van der Waals surface area contributed by atoms with E-state index in [2.05, 4.69) is 26.1 Å². The molecule has 0 saturated carbocycles. The third-order valence-corrected chi connectivity index (χ3v) is 3.87. The van der Waals surface area contributed by atoms with E-state index in [0.29, 0.717) is 26.3 Å². The molecule has 2 aromatic carbocycles. The van der Waals surface area contributed by atoms with Crippen molar-refractivity contribution >= 4 is 33.2 Å². The van der Waals surface area contributed by atoms with Crippen LogP contribution in [0.3, 0.4) is 0 Å². The lowest BCUT2D eigenvalue weighted by Crippen LogP contribution is -1.88. The molecule has 0 unspecified atom stereocenters. The van der Waals surface area contributed by atoms with E-state index in [0.717, 1.165) is 0 Å². The van der Waals surface area contributed by atoms with Crippen LogP contribution in [0, 0.1) is 5.82 Å². The average molecular weight is 369 g/mol. The molecule has 0 amide bonds. The molecule has 4 nitrogen and oxygen atoms in total. The van der Waals surface area contributed by atoms with Crippen molar-refractivity contribution in [1.82, 2.24) is 10.1 Å². The molecule has 3 rings (SSSR count). The molecule has 0 fully saturated rings. The van der Waals surface area contributed by atoms with Gasteiger partial charge in [-0.05, 0) is 36.4 Å². The van der Waals surface area contributed by atoms with Crippen LogP contribution in [0.15, 0.2) is 45.4 Å². The van der Waals surface area contributed by atoms with Gasteiger partial charge in [-0.15, -0.1) is 0 Å². The van der Waals surface area contributed by atoms with Gasteiger partial charge >= 0.3 is 0 Å². The summed E-state index contributed by atoms with van der Waals surface area (Å²) in [6.07, 6.45) is 0. The highest BCUT2D eigenvalue weighted by molar-refractivity contribution is 9.10. The molecular weight excluding hydrogens is 361 g/mol. The van der Waals surface area contributed by atoms with Crippen LogP contribution in [0.1, 0.15) is 0 Å². The molecule has 0 aliphatic heterocycles. The molecule has 1 heterocycles. The first kappa shape index (κ1) is 14.0. The Bertz CT molecular complexity index is 822. The van der Waals surface area contributed by atoms with Crippen molar-refractivity contribution in [2.75, 3.05) is 5.73 Å². The fourth-order valence-corrected chi connectivity index (χ4v) is 2.34. The smallest absolute Gasteiger partial charge is 0.258 e. The van der Waals surface area contributed by atoms with Gasteiger partial charge in [-0.1, -0.05) is 32.7 Å². The minimum Gasteiger partial charge on any atom is -0.398 e. The quantitative estimate of drug-likeness (QED) is 0.674. The highest BCUT2D eigenvalue weighted by Gasteiger charge is 2.14. The summed E-state index contributed by atoms with van der Waals surface area (Å²) in [6, 6.07) is 9.26. The first-order valence-corrected chi connectivity index (χ1v) is 7.06. The van der Waals surface area contributed by atoms with E-state index >= 15 is 0 Å². The molecule has 7 heteroatoms. The lowest BCUT2D eigenvalue weighted by atomic mass is 10.2. The number of nitrogens with two attached hydrogens (primary N) is 1. The van der Waals surface area contributed by atoms with Crippen molar-refractivity contribution in [2.45, 2.75) is 0 Å². The highest BCUT2D eigenvalue weighted by Crippen LogP contribution is 2.30. The highest BCUT2D eigenvalue weighted by atomic mass is 79.9. The molecule has 3 aromatic rings. The molecular formula is C14H8BrClFN3O. The zero-order valence-corrected chi connectivity index (χ0v) is 12.8. The number of anilines is 1. The Morgan fingerprint density at radius 1 is 1.19 bits per heavy atom. The molecule has 0 aliphatic rings. The van der Waals surface area contributed by atoms with Gasteiger partial charge in [-0.25, -0.2) is 4.39 Å². The normalized spacial score (nSPS) is 10.8. The summed E-state index contributed by atoms with van der Waals surface area (Å²) in [5, 5.41) is 4.31. The van der Waals surface area contributed by atoms with E-state index in [1.165, 1.54) is 12.1 Å². The Labute approximate surface area is 132 Å². The van der Waals surface area contributed by atoms with Gasteiger partial charge in [-0.2, -0.15) is 4.98 Å². The minimum absolute atomic E-state index is 0.282. The third kappa shape index (κ3) is 2.77. The van der Waals surface area contributed by atoms with Gasteiger partial charge in [0.05, 0.1) is 10.7 Å². The van der Waals surface area contributed by atoms with Crippen LogP contribution in [0.5, 0.6) is 0 Å². The second-order valence-electron chi connectivity index (χ2n) is 4.28. The fourth-order valence-electron chi connectivity index (χ4n) is 1.80. The van der Waals surface area contributed by atoms with Crippen LogP contribution < -0.4 is 5.73 Å². The molecule has 0 bridgehead atoms. The Kier molecular flexibility index (Phi) is 3.65. The molecule has 0 saturated heterocycles. The first-order valence-electron chi connectivity index (χ1n) is 5.89. The standard InChI is InChI=1S/C14H8BrClFN3O/c15-10-3-2-8(17)6-9(10)13-19-14(21-20-13)7-1-4-11(16)12(18)5-7/h1-6H,18H2. The van der Waals surface area contributed by atoms with Gasteiger partial charge in [0.25, 0.3) is 5.89 Å². The predicted octanol–water partition coefficient (Wildman–Crippen LogP) is 4.54. The Morgan fingerprint density at radius 2 is 2.00 bits per heavy atom. The SMILES string of the molecule is Nc1cc(-c2nc(-c3cc(F)ccc3Br)no2)ccc1Cl. The lowest BCUT2D eigenvalue weighted by molar-refractivity contribution is 0.432. The number of aromatic nitrogens is 2. The predicted molar refractivity (Wildman–Crippen MR) is 82.3 cm³/mol. The molecule has 0 aliphatic carbocycles. The van der Waals surface area contributed by atoms with Gasteiger partial charge in [0.15, 0.2) is 0 Å². The van der Waals surface area contributed by atoms with Crippen molar-refractivity contribution in [3.63, 3.8) is 0 Å². The van der Waals surface area contributed by atoms with Gasteiger partial charge in [0, 0.05) is 15.6 Å². The zero-order chi connectivity index (χ0) is 15.0. The van der Waals surface area contributed by atoms with E-state index in [1.807, 2.05) is 0 Å². The van der Waals surface area contributed by atoms with Gasteiger partial charge < -0.3 is 10.3 Å². The van der Waals surface area contributed by atoms with E-state index in [9.17, 15) is 4.39 Å². The first-order chi connectivity index (χ1) is 10.0. The van der Waals surface area contributed by atoms with Crippen molar-refractivity contribution in [3.8, 4) is 22.8 Å². The van der Waals surface area contributed by atoms with E-state index in [1.54, 1.807) is 24.3 Å². The van der Waals surface area contributed by atoms with Crippen LogP contribution in [-0.2, 0) is 0 Å². The number of halogens is 3. The number of nitrogen functional groups attached to an aromatic ring is 1. The molecule has 0 atom stereocenters. The number of rotatable bonds is 2. The maximum Gasteiger partial charge on any atom is 0.258 e. The summed E-state index contributed by atoms with van der Waals surface area (Å²) in [5.41, 5.74) is 7.31. The van der Waals surface area contributed by atoms with Crippen molar-refractivity contribution in [2.24, 2.45) is 0 Å². The van der Waals surface area contributed by atoms with Crippen LogP contribution in [0.4, 0.5) is 10.1 Å². The van der Waals surface area contributed by atoms with Gasteiger partial charge in [0.1, 0.15) is 5.82 Å². The van der Waals surface area contributed by atoms with Crippen LogP contribution in [0.2, 0.25) is 5.02 Å². The van der Waals surface area contributed by atoms with Gasteiger partial charge in [-0.3, -0.25) is 0 Å². The largest absolute Gasteiger partial charge is 0.398 e. The van der Waals surface area contributed by atoms with E-state index in [4.69, 9.17) is 21.9 Å². The second kappa shape index (κ2) is 5.46. The zero-order valence-electron chi connectivity index (χ0n) is 10.5. The monoisotopic (exact) mass is 367 g/mol. The summed E-state index contributed by atoms with van der Waals surface area (Å²) in [7, 11) is 0. The maximum absolute atomic E-state index is 13.3. The fraction of sp³-hybridized carbons (Fsp3) is 0. The molecule has 1 aromatic heterocycles. The molecule has 2 N–H and O–H groups in total. The summed E-state index contributed by atoms with van der Waals surface area (Å²) < 4.78 is 19.2. The van der Waals surface area contributed by atoms with Crippen molar-refractivity contribution in [1.29, 1.82) is 0 Å². The third-order valence-electron chi connectivity index (χ3n) is 2.84. The van der Waals surface area contributed by atoms with Crippen LogP contribution in [-0.4, -0.2) is 10.1 Å². The maximum atomic E-state index is 13.3. The summed E-state index contributed by atoms with van der Waals surface area (Å²) in [5.74, 6) is 0.185. The minimum atomic E-state index is -0.379. The Morgan fingerprint density at radius 3 is 2.76 bits per heavy atom. The van der Waals surface area contributed by atoms with Crippen molar-refractivity contribution < 1.29 is 8.91 Å². The topological polar surface area (TPSA) is 64.9 Å². The van der Waals surface area contributed by atoms with Crippen LogP contribution in [0.25, 0.3) is 22.8 Å².